The second kappa shape index (κ2) is 11.9. The lowest BCUT2D eigenvalue weighted by molar-refractivity contribution is 0.379. The zero-order valence-corrected chi connectivity index (χ0v) is 28.5. The lowest BCUT2D eigenvalue weighted by atomic mass is 9.93. The molecule has 12 heteroatoms. The Labute approximate surface area is 293 Å². The Morgan fingerprint density at radius 3 is 1.57 bits per heavy atom. The monoisotopic (exact) mass is 698 g/mol. The summed E-state index contributed by atoms with van der Waals surface area (Å²) in [5, 5.41) is 6.87. The molecule has 0 amide bonds. The molecule has 4 N–H and O–H groups in total. The highest BCUT2D eigenvalue weighted by molar-refractivity contribution is 5.78. The summed E-state index contributed by atoms with van der Waals surface area (Å²) in [4.78, 5) is 19.8. The molecule has 0 bridgehead atoms. The molecule has 5 aliphatic rings. The number of imidazole rings is 2. The van der Waals surface area contributed by atoms with Gasteiger partial charge in [0, 0.05) is 42.0 Å². The molecular weight excluding hydrogens is 656 g/mol. The molecule has 4 atom stereocenters. The topological polar surface area (TPSA) is 87.9 Å². The van der Waals surface area contributed by atoms with Crippen LogP contribution >= 0.6 is 0 Å². The minimum absolute atomic E-state index is 0.0160. The first-order chi connectivity index (χ1) is 24.8. The maximum Gasteiger partial charge on any atom is 0.151 e. The average Bonchev–Trinajstić information content (AvgIpc) is 3.80. The van der Waals surface area contributed by atoms with Gasteiger partial charge in [-0.3, -0.25) is 0 Å². The van der Waals surface area contributed by atoms with Gasteiger partial charge in [-0.15, -0.1) is 0 Å². The van der Waals surface area contributed by atoms with Crippen LogP contribution < -0.4 is 20.4 Å². The van der Waals surface area contributed by atoms with Crippen LogP contribution in [0.25, 0.3) is 22.1 Å². The first kappa shape index (κ1) is 31.6. The normalized spacial score (nSPS) is 26.0. The number of nitrogens with one attached hydrogen (secondary N) is 4. The van der Waals surface area contributed by atoms with Crippen LogP contribution in [0, 0.1) is 28.7 Å². The van der Waals surface area contributed by atoms with Crippen LogP contribution in [0.3, 0.4) is 0 Å². The summed E-state index contributed by atoms with van der Waals surface area (Å²) in [7, 11) is 0. The van der Waals surface area contributed by atoms with Crippen molar-refractivity contribution in [1.82, 2.24) is 30.6 Å². The molecule has 4 aliphatic heterocycles. The van der Waals surface area contributed by atoms with Gasteiger partial charge in [0.25, 0.3) is 0 Å². The predicted octanol–water partition coefficient (Wildman–Crippen LogP) is 8.31. The molecule has 2 aromatic heterocycles. The van der Waals surface area contributed by atoms with E-state index in [0.29, 0.717) is 64.5 Å². The molecular formula is C39H42F4N8. The van der Waals surface area contributed by atoms with E-state index in [1.807, 2.05) is 9.80 Å². The summed E-state index contributed by atoms with van der Waals surface area (Å²) in [6.45, 7) is 3.04. The van der Waals surface area contributed by atoms with E-state index >= 15 is 17.6 Å². The van der Waals surface area contributed by atoms with Gasteiger partial charge in [-0.05, 0) is 107 Å². The molecule has 10 rings (SSSR count). The molecule has 1 aliphatic carbocycles. The maximum absolute atomic E-state index is 16.2. The van der Waals surface area contributed by atoms with Gasteiger partial charge in [0.05, 0.1) is 46.2 Å². The Balaban J connectivity index is 1.06. The van der Waals surface area contributed by atoms with Crippen LogP contribution in [0.15, 0.2) is 36.4 Å². The molecule has 266 valence electrons. The average molecular weight is 699 g/mol. The van der Waals surface area contributed by atoms with Gasteiger partial charge in [-0.25, -0.2) is 27.5 Å². The minimum Gasteiger partial charge on any atom is -0.367 e. The first-order valence-electron chi connectivity index (χ1n) is 18.7. The molecule has 6 heterocycles. The van der Waals surface area contributed by atoms with Crippen molar-refractivity contribution < 1.29 is 17.6 Å². The summed E-state index contributed by atoms with van der Waals surface area (Å²) >= 11 is 0. The fourth-order valence-electron chi connectivity index (χ4n) is 9.48. The van der Waals surface area contributed by atoms with Crippen molar-refractivity contribution in [3.8, 4) is 0 Å². The van der Waals surface area contributed by atoms with Crippen LogP contribution in [0.2, 0.25) is 0 Å². The number of nitrogens with zero attached hydrogens (tertiary/aromatic N) is 4. The van der Waals surface area contributed by atoms with E-state index in [4.69, 9.17) is 0 Å². The minimum atomic E-state index is -0.655. The summed E-state index contributed by atoms with van der Waals surface area (Å²) in [5.74, 6) is -0.669. The quantitative estimate of drug-likeness (QED) is 0.134. The predicted molar refractivity (Wildman–Crippen MR) is 189 cm³/mol. The SMILES string of the molecule is Fc1cc2nc([C@@H]3CCCN3)[nH]c2cc1[C@H]1CC[C@H](c2cc3[nH]c([C@@H]4CCCN4)nc3cc2F)N1c1cc(F)c(N2CCC3(CC2)CC3)c(F)c1. The number of hydrogen-bond acceptors (Lipinski definition) is 6. The molecule has 4 saturated heterocycles. The molecule has 1 spiro atoms. The third kappa shape index (κ3) is 5.39. The zero-order chi connectivity index (χ0) is 34.4. The lowest BCUT2D eigenvalue weighted by Gasteiger charge is -2.36. The summed E-state index contributed by atoms with van der Waals surface area (Å²) in [6.07, 6.45) is 9.16. The maximum atomic E-state index is 16.2. The Morgan fingerprint density at radius 1 is 0.608 bits per heavy atom. The number of H-pyrrole nitrogens is 2. The summed E-state index contributed by atoms with van der Waals surface area (Å²) in [5.41, 5.74) is 3.82. The molecule has 0 radical (unpaired) electrons. The van der Waals surface area contributed by atoms with Crippen LogP contribution in [0.5, 0.6) is 0 Å². The van der Waals surface area contributed by atoms with Gasteiger partial charge in [-0.2, -0.15) is 0 Å². The van der Waals surface area contributed by atoms with Gasteiger partial charge in [-0.1, -0.05) is 0 Å². The van der Waals surface area contributed by atoms with Gasteiger partial charge in [0.15, 0.2) is 11.6 Å². The van der Waals surface area contributed by atoms with E-state index < -0.39 is 35.4 Å². The smallest absolute Gasteiger partial charge is 0.151 e. The van der Waals surface area contributed by atoms with Crippen molar-refractivity contribution in [2.75, 3.05) is 36.0 Å². The second-order valence-corrected chi connectivity index (χ2v) is 15.6. The van der Waals surface area contributed by atoms with E-state index in [2.05, 4.69) is 30.6 Å². The third-order valence-corrected chi connectivity index (χ3v) is 12.5. The molecule has 8 nitrogen and oxygen atoms in total. The van der Waals surface area contributed by atoms with Crippen LogP contribution in [-0.4, -0.2) is 46.1 Å². The summed E-state index contributed by atoms with van der Waals surface area (Å²) in [6, 6.07) is 8.09. The van der Waals surface area contributed by atoms with Crippen LogP contribution in [0.1, 0.15) is 111 Å². The van der Waals surface area contributed by atoms with Gasteiger partial charge >= 0.3 is 0 Å². The molecule has 5 aromatic rings. The zero-order valence-electron chi connectivity index (χ0n) is 28.5. The van der Waals surface area contributed by atoms with Crippen molar-refractivity contribution in [3.05, 3.63) is 82.4 Å². The highest BCUT2D eigenvalue weighted by atomic mass is 19.1. The van der Waals surface area contributed by atoms with E-state index in [1.165, 1.54) is 37.1 Å². The molecule has 0 unspecified atom stereocenters. The Kier molecular flexibility index (Phi) is 7.39. The van der Waals surface area contributed by atoms with Crippen molar-refractivity contribution >= 4 is 33.4 Å². The highest BCUT2D eigenvalue weighted by Crippen LogP contribution is 2.55. The second-order valence-electron chi connectivity index (χ2n) is 15.6. The number of hydrogen-bond donors (Lipinski definition) is 4. The molecule has 5 fully saturated rings. The fourth-order valence-corrected chi connectivity index (χ4v) is 9.48. The molecule has 3 aromatic carbocycles. The van der Waals surface area contributed by atoms with Crippen molar-refractivity contribution in [3.63, 3.8) is 0 Å². The molecule has 51 heavy (non-hydrogen) atoms. The fraction of sp³-hybridized carbons (Fsp3) is 0.487. The van der Waals surface area contributed by atoms with Crippen molar-refractivity contribution in [2.24, 2.45) is 5.41 Å². The number of anilines is 2. The number of fused-ring (bicyclic) bond motifs is 2. The summed E-state index contributed by atoms with van der Waals surface area (Å²) < 4.78 is 64.8. The number of aromatic amines is 2. The first-order valence-corrected chi connectivity index (χ1v) is 18.7. The van der Waals surface area contributed by atoms with E-state index in [0.717, 1.165) is 63.3 Å². The number of halogens is 4. The molecule has 1 saturated carbocycles. The van der Waals surface area contributed by atoms with Crippen molar-refractivity contribution in [2.45, 2.75) is 88.4 Å². The van der Waals surface area contributed by atoms with Gasteiger partial charge < -0.3 is 30.4 Å². The lowest BCUT2D eigenvalue weighted by Crippen LogP contribution is -2.35. The number of benzene rings is 3. The Bertz CT molecular complexity index is 2000. The third-order valence-electron chi connectivity index (χ3n) is 12.5. The van der Waals surface area contributed by atoms with E-state index in [9.17, 15) is 0 Å². The van der Waals surface area contributed by atoms with E-state index in [-0.39, 0.29) is 23.5 Å². The van der Waals surface area contributed by atoms with Gasteiger partial charge in [0.2, 0.25) is 0 Å². The standard InChI is InChI=1S/C39H42F4N8/c40-24-19-32-30(46-37(48-32)28-3-1-11-44-28)17-22(24)34-5-6-35(23-18-31-33(20-25(23)41)49-38(47-31)29-4-2-12-45-29)51(34)21-15-26(42)36(27(43)16-21)50-13-9-39(7-8-39)10-14-50/h15-20,28-29,34-35,44-45H,1-14H2,(H,46,48)(H,47,49)/t28-,29-,34+,35+/m0/s1. The van der Waals surface area contributed by atoms with Gasteiger partial charge in [0.1, 0.15) is 29.0 Å². The Morgan fingerprint density at radius 2 is 1.12 bits per heavy atom. The van der Waals surface area contributed by atoms with Crippen molar-refractivity contribution in [1.29, 1.82) is 0 Å². The van der Waals surface area contributed by atoms with Crippen LogP contribution in [-0.2, 0) is 0 Å². The number of rotatable bonds is 6. The number of piperidine rings is 1. The highest BCUT2D eigenvalue weighted by Gasteiger charge is 2.45. The largest absolute Gasteiger partial charge is 0.367 e. The Hall–Kier alpha value is -4.16. The van der Waals surface area contributed by atoms with Crippen LogP contribution in [0.4, 0.5) is 28.9 Å². The number of aromatic nitrogens is 4. The van der Waals surface area contributed by atoms with E-state index in [1.54, 1.807) is 12.1 Å².